The molecule has 2 saturated heterocycles. The number of likely N-dealkylation sites (tertiary alicyclic amines) is 2. The number of allylic oxidation sites excluding steroid dienone is 1. The van der Waals surface area contributed by atoms with Gasteiger partial charge in [-0.25, -0.2) is 0 Å². The van der Waals surface area contributed by atoms with Crippen molar-refractivity contribution in [2.45, 2.75) is 116 Å². The monoisotopic (exact) mass is 752 g/mol. The molecule has 3 saturated carbocycles. The number of likely N-dealkylation sites (N-methyl/N-ethyl adjacent to an activating group) is 1. The van der Waals surface area contributed by atoms with Gasteiger partial charge in [-0.2, -0.15) is 0 Å². The van der Waals surface area contributed by atoms with Crippen LogP contribution in [0.3, 0.4) is 0 Å². The van der Waals surface area contributed by atoms with Gasteiger partial charge in [0.15, 0.2) is 6.10 Å². The molecule has 6 heteroatoms. The summed E-state index contributed by atoms with van der Waals surface area (Å²) in [5.41, 5.74) is 2.37. The highest BCUT2D eigenvalue weighted by atomic mass is 127. The molecule has 6 aliphatic rings. The number of halogens is 2. The molecule has 3 unspecified atom stereocenters. The highest BCUT2D eigenvalue weighted by Gasteiger charge is 2.66. The van der Waals surface area contributed by atoms with Crippen LogP contribution < -0.4 is 48.0 Å². The molecule has 0 aromatic rings. The number of fused-ring (bicyclic) bond motifs is 5. The fraction of sp³-hybridized carbons (Fsp3) is 0.906. The number of carbonyl (C=O) groups excluding carboxylic acids is 1. The van der Waals surface area contributed by atoms with Crippen LogP contribution in [0, 0.1) is 28.6 Å². The second kappa shape index (κ2) is 11.3. The molecule has 0 spiro atoms. The molecule has 2 aliphatic heterocycles. The summed E-state index contributed by atoms with van der Waals surface area (Å²) in [5.74, 6) is 2.22. The van der Waals surface area contributed by atoms with Crippen LogP contribution in [0.1, 0.15) is 97.8 Å². The summed E-state index contributed by atoms with van der Waals surface area (Å²) >= 11 is 0. The largest absolute Gasteiger partial charge is 1.00 e. The summed E-state index contributed by atoms with van der Waals surface area (Å²) in [6.07, 6.45) is 19.0. The molecule has 0 bridgehead atoms. The number of ether oxygens (including phenoxy) is 1. The lowest BCUT2D eigenvalue weighted by Gasteiger charge is -2.58. The fourth-order valence-corrected chi connectivity index (χ4v) is 11.1. The third kappa shape index (κ3) is 4.97. The van der Waals surface area contributed by atoms with Crippen molar-refractivity contribution in [1.29, 1.82) is 0 Å². The number of nitrogens with zero attached hydrogens (tertiary/aromatic N) is 2. The van der Waals surface area contributed by atoms with E-state index in [9.17, 15) is 4.79 Å². The third-order valence-electron chi connectivity index (χ3n) is 13.4. The molecule has 4 aliphatic carbocycles. The van der Waals surface area contributed by atoms with Crippen molar-refractivity contribution in [3.8, 4) is 0 Å². The van der Waals surface area contributed by atoms with Crippen molar-refractivity contribution in [3.63, 3.8) is 0 Å². The summed E-state index contributed by atoms with van der Waals surface area (Å²) in [6, 6.07) is 1.33. The van der Waals surface area contributed by atoms with Gasteiger partial charge in [-0.1, -0.05) is 25.5 Å². The van der Waals surface area contributed by atoms with Gasteiger partial charge < -0.3 is 61.7 Å². The Bertz CT molecular complexity index is 911. The Hall–Kier alpha value is 0.590. The van der Waals surface area contributed by atoms with E-state index in [0.29, 0.717) is 17.4 Å². The van der Waals surface area contributed by atoms with Gasteiger partial charge in [0.25, 0.3) is 0 Å². The summed E-state index contributed by atoms with van der Waals surface area (Å²) in [6.45, 7) is 12.2. The summed E-state index contributed by atoms with van der Waals surface area (Å²) in [5, 5.41) is 0. The molecule has 0 aromatic heterocycles. The van der Waals surface area contributed by atoms with Gasteiger partial charge in [0.2, 0.25) is 0 Å². The topological polar surface area (TPSA) is 26.3 Å². The van der Waals surface area contributed by atoms with Gasteiger partial charge >= 0.3 is 5.97 Å². The smallest absolute Gasteiger partial charge is 0.303 e. The summed E-state index contributed by atoms with van der Waals surface area (Å²) < 4.78 is 8.81. The molecule has 2 heterocycles. The van der Waals surface area contributed by atoms with Crippen LogP contribution in [0.2, 0.25) is 0 Å². The van der Waals surface area contributed by atoms with E-state index in [-0.39, 0.29) is 65.4 Å². The Morgan fingerprint density at radius 1 is 0.895 bits per heavy atom. The van der Waals surface area contributed by atoms with Crippen molar-refractivity contribution >= 4 is 5.97 Å². The maximum Gasteiger partial charge on any atom is 0.303 e. The first-order valence-electron chi connectivity index (χ1n) is 15.6. The Labute approximate surface area is 267 Å². The summed E-state index contributed by atoms with van der Waals surface area (Å²) in [7, 11) is 5.04. The normalized spacial score (nSPS) is 44.8. The Kier molecular flexibility index (Phi) is 9.42. The molecule has 5 fully saturated rings. The first-order chi connectivity index (χ1) is 17.1. The van der Waals surface area contributed by atoms with Gasteiger partial charge in [-0.3, -0.25) is 4.79 Å². The van der Waals surface area contributed by atoms with E-state index < -0.39 is 0 Å². The maximum absolute atomic E-state index is 12.4. The number of piperidine rings is 1. The second-order valence-electron chi connectivity index (χ2n) is 15.2. The van der Waals surface area contributed by atoms with Gasteiger partial charge in [0, 0.05) is 44.4 Å². The zero-order chi connectivity index (χ0) is 25.3. The Morgan fingerprint density at radius 3 is 2.18 bits per heavy atom. The van der Waals surface area contributed by atoms with Gasteiger partial charge in [-0.15, -0.1) is 0 Å². The van der Waals surface area contributed by atoms with Gasteiger partial charge in [0.05, 0.1) is 46.3 Å². The number of carbonyl (C=O) groups is 1. The number of rotatable bonds is 3. The van der Waals surface area contributed by atoms with E-state index in [1.54, 1.807) is 6.92 Å². The van der Waals surface area contributed by atoms with Gasteiger partial charge in [-0.05, 0) is 68.1 Å². The van der Waals surface area contributed by atoms with E-state index in [1.807, 2.05) is 5.57 Å². The number of hydrogen-bond donors (Lipinski definition) is 0. The standard InChI is InChI=1S/C32H54N2O2.2HI/c1-23(35)36-30-29(34(5)19-7-6-8-20-34)22-28-26-12-11-24-21-25(33(4)17-9-10-18-33)13-15-31(24,2)27(26)14-16-32(28,30)3;;/h11,25-30H,6-10,12-22H2,1-5H3;2*1H/q+2;;/p-2/t25-,26?,27?,28?,29-,30-,31-,32-;;/m0../s1. The molecule has 218 valence electrons. The molecule has 0 aromatic carbocycles. The zero-order valence-corrected chi connectivity index (χ0v) is 29.1. The molecule has 38 heavy (non-hydrogen) atoms. The van der Waals surface area contributed by atoms with Crippen molar-refractivity contribution in [3.05, 3.63) is 11.6 Å². The first-order valence-corrected chi connectivity index (χ1v) is 15.6. The van der Waals surface area contributed by atoms with E-state index >= 15 is 0 Å². The minimum absolute atomic E-state index is 0. The van der Waals surface area contributed by atoms with Crippen LogP contribution in [0.4, 0.5) is 0 Å². The zero-order valence-electron chi connectivity index (χ0n) is 24.8. The minimum Gasteiger partial charge on any atom is -1.00 e. The van der Waals surface area contributed by atoms with Crippen molar-refractivity contribution in [2.75, 3.05) is 40.3 Å². The van der Waals surface area contributed by atoms with E-state index in [4.69, 9.17) is 4.74 Å². The van der Waals surface area contributed by atoms with Crippen molar-refractivity contribution in [1.82, 2.24) is 0 Å². The van der Waals surface area contributed by atoms with E-state index in [1.165, 1.54) is 108 Å². The molecule has 0 radical (unpaired) electrons. The van der Waals surface area contributed by atoms with Crippen LogP contribution in [-0.4, -0.2) is 73.4 Å². The highest BCUT2D eigenvalue weighted by molar-refractivity contribution is 5.66. The van der Waals surface area contributed by atoms with E-state index in [0.717, 1.165) is 22.4 Å². The van der Waals surface area contributed by atoms with Crippen LogP contribution in [0.15, 0.2) is 11.6 Å². The van der Waals surface area contributed by atoms with Crippen LogP contribution >= 0.6 is 0 Å². The SMILES string of the molecule is CC(=O)O[C@H]1[C@@H]([N+]2(C)CCCCC2)CC2C3CC=C4C[C@@H]([N+]5(C)CCCC5)CC[C@]4(C)C3CC[C@@]21C.[I-].[I-]. The number of quaternary nitrogens is 2. The lowest BCUT2D eigenvalue weighted by molar-refractivity contribution is -0.940. The molecule has 6 rings (SSSR count). The molecule has 0 N–H and O–H groups in total. The average molecular weight is 753 g/mol. The molecule has 4 nitrogen and oxygen atoms in total. The molecular formula is C32H54I2N2O2. The van der Waals surface area contributed by atoms with Crippen molar-refractivity contribution in [2.24, 2.45) is 28.6 Å². The van der Waals surface area contributed by atoms with Crippen LogP contribution in [0.5, 0.6) is 0 Å². The number of esters is 1. The fourth-order valence-electron chi connectivity index (χ4n) is 11.1. The highest BCUT2D eigenvalue weighted by Crippen LogP contribution is 2.66. The summed E-state index contributed by atoms with van der Waals surface area (Å²) in [4.78, 5) is 12.4. The predicted octanol–water partition coefficient (Wildman–Crippen LogP) is 0.107. The maximum atomic E-state index is 12.4. The Morgan fingerprint density at radius 2 is 1.53 bits per heavy atom. The predicted molar refractivity (Wildman–Crippen MR) is 145 cm³/mol. The lowest BCUT2D eigenvalue weighted by Crippen LogP contribution is -3.00. The minimum atomic E-state index is -0.0627. The Balaban J connectivity index is 0.00000168. The second-order valence-corrected chi connectivity index (χ2v) is 15.2. The van der Waals surface area contributed by atoms with E-state index in [2.05, 4.69) is 34.0 Å². The van der Waals surface area contributed by atoms with Crippen LogP contribution in [-0.2, 0) is 9.53 Å². The first kappa shape index (κ1) is 31.5. The van der Waals surface area contributed by atoms with Gasteiger partial charge in [0.1, 0.15) is 6.04 Å². The molecule has 8 atom stereocenters. The molecular weight excluding hydrogens is 698 g/mol. The third-order valence-corrected chi connectivity index (χ3v) is 13.4. The molecule has 0 amide bonds. The average Bonchev–Trinajstić information content (AvgIpc) is 3.41. The van der Waals surface area contributed by atoms with Crippen LogP contribution in [0.25, 0.3) is 0 Å². The number of hydrogen-bond acceptors (Lipinski definition) is 2. The lowest BCUT2D eigenvalue weighted by atomic mass is 9.47. The quantitative estimate of drug-likeness (QED) is 0.177. The van der Waals surface area contributed by atoms with Crippen molar-refractivity contribution < 1.29 is 66.5 Å².